The predicted molar refractivity (Wildman–Crippen MR) is 198 cm³/mol. The molecular weight excluding hydrogens is 964 g/mol. The molecule has 0 atom stereocenters. The molecule has 0 fully saturated rings. The Morgan fingerprint density at radius 1 is 0.250 bits per heavy atom. The fourth-order valence-corrected chi connectivity index (χ4v) is 7.87. The minimum absolute atomic E-state index is 0.624. The van der Waals surface area contributed by atoms with Gasteiger partial charge < -0.3 is 9.97 Å². The molecule has 3 aliphatic rings. The first-order valence-electron chi connectivity index (χ1n) is 18.6. The van der Waals surface area contributed by atoms with Crippen LogP contribution in [0, 0.1) is 116 Å². The minimum atomic E-state index is -2.71. The third-order valence-corrected chi connectivity index (χ3v) is 10.9. The van der Waals surface area contributed by atoms with E-state index in [1.807, 2.05) is 0 Å². The highest BCUT2D eigenvalue weighted by molar-refractivity contribution is 5.97. The zero-order valence-electron chi connectivity index (χ0n) is 32.3. The summed E-state index contributed by atoms with van der Waals surface area (Å²) in [5, 5.41) is 0. The number of hydrogen-bond donors (Lipinski definition) is 2. The molecule has 6 aromatic rings. The van der Waals surface area contributed by atoms with Crippen molar-refractivity contribution in [2.45, 2.75) is 12.8 Å². The highest BCUT2D eigenvalue weighted by atomic mass is 19.2. The summed E-state index contributed by atoms with van der Waals surface area (Å²) in [6.07, 6.45) is 0.922. The largest absolute Gasteiger partial charge is 0.361 e. The molecule has 68 heavy (non-hydrogen) atoms. The highest BCUT2D eigenvalue weighted by Crippen LogP contribution is 2.45. The van der Waals surface area contributed by atoms with Crippen LogP contribution in [0.2, 0.25) is 0 Å². The first kappa shape index (κ1) is 45.5. The van der Waals surface area contributed by atoms with Crippen LogP contribution in [0.15, 0.2) is 12.1 Å². The molecule has 5 heterocycles. The maximum atomic E-state index is 15.8. The van der Waals surface area contributed by atoms with E-state index in [0.717, 1.165) is 0 Å². The van der Waals surface area contributed by atoms with Crippen molar-refractivity contribution >= 4 is 35.3 Å². The molecule has 2 aromatic heterocycles. The minimum Gasteiger partial charge on any atom is -0.361 e. The zero-order valence-corrected chi connectivity index (χ0v) is 32.3. The van der Waals surface area contributed by atoms with Crippen molar-refractivity contribution in [2.75, 3.05) is 0 Å². The van der Waals surface area contributed by atoms with Gasteiger partial charge >= 0.3 is 0 Å². The Kier molecular flexibility index (Phi) is 10.7. The van der Waals surface area contributed by atoms with Gasteiger partial charge in [0.1, 0.15) is 0 Å². The quantitative estimate of drug-likeness (QED) is 0.105. The van der Waals surface area contributed by atoms with Crippen LogP contribution in [0.5, 0.6) is 0 Å². The number of nitrogens with zero attached hydrogens (tertiary/aromatic N) is 2. The van der Waals surface area contributed by atoms with Crippen molar-refractivity contribution in [1.29, 1.82) is 0 Å². The van der Waals surface area contributed by atoms with Crippen molar-refractivity contribution in [1.82, 2.24) is 19.9 Å². The van der Waals surface area contributed by atoms with Gasteiger partial charge in [0, 0.05) is 44.7 Å². The van der Waals surface area contributed by atoms with Gasteiger partial charge in [0.25, 0.3) is 0 Å². The Balaban J connectivity index is 1.59. The van der Waals surface area contributed by atoms with Crippen molar-refractivity contribution < 1.29 is 87.8 Å². The Labute approximate surface area is 362 Å². The SMILES string of the molecule is Fc1c(F)c(F)c(-c2c3nc(c(-c4c(F)c(F)c(F)c(F)c4F)c4ccc([nH]4)c(-c4c(F)c(F)c(F)c(F)c4F)c4nc(c(-c5c(F)c(F)c(F)c(F)c5F)c5[nH]c2CC5)C=C4)C=C3)c(F)c1F. The molecule has 0 amide bonds. The van der Waals surface area contributed by atoms with Crippen LogP contribution in [0.1, 0.15) is 34.2 Å². The number of benzene rings is 4. The van der Waals surface area contributed by atoms with Gasteiger partial charge in [-0.3, -0.25) is 0 Å². The van der Waals surface area contributed by atoms with Gasteiger partial charge in [-0.1, -0.05) is 0 Å². The van der Waals surface area contributed by atoms with E-state index < -0.39 is 219 Å². The average Bonchev–Trinajstić information content (AvgIpc) is 4.18. The normalized spacial score (nSPS) is 12.8. The zero-order chi connectivity index (χ0) is 49.3. The van der Waals surface area contributed by atoms with Crippen LogP contribution in [-0.4, -0.2) is 19.9 Å². The summed E-state index contributed by atoms with van der Waals surface area (Å²) in [5.74, 6) is -52.3. The van der Waals surface area contributed by atoms with Gasteiger partial charge in [0.15, 0.2) is 93.1 Å². The first-order chi connectivity index (χ1) is 32.1. The number of aryl methyl sites for hydroxylation is 2. The van der Waals surface area contributed by atoms with E-state index in [4.69, 9.17) is 0 Å². The number of H-pyrrole nitrogens is 2. The lowest BCUT2D eigenvalue weighted by atomic mass is 9.97. The summed E-state index contributed by atoms with van der Waals surface area (Å²) in [6.45, 7) is 0. The number of fused-ring (bicyclic) bond motifs is 8. The molecule has 0 saturated carbocycles. The number of halogens is 20. The van der Waals surface area contributed by atoms with Crippen molar-refractivity contribution in [3.8, 4) is 44.5 Å². The standard InChI is InChI=1S/C44H12F20N4/c45-25-21(26(46)34(54)41(61)33(25)53)17-9-1-2-10(65-9)18(22-27(47)35(55)42(62)36(56)28(22)48)12-5-6-14(67-12)20(24-31(51)39(59)44(64)40(60)32(24)52)16-8-7-15(68-16)19(13-4-3-11(17)66-13)23-29(49)37(57)43(63)38(58)30(23)50/h1-6,65,68H,7-8H2. The molecule has 0 aliphatic carbocycles. The van der Waals surface area contributed by atoms with Gasteiger partial charge in [-0.05, 0) is 49.3 Å². The summed E-state index contributed by atoms with van der Waals surface area (Å²) in [5.41, 5.74) is -19.6. The maximum absolute atomic E-state index is 15.8. The Bertz CT molecular complexity index is 3240. The molecule has 0 saturated heterocycles. The molecular formula is C44H12F20N4. The van der Waals surface area contributed by atoms with Crippen LogP contribution >= 0.6 is 0 Å². The first-order valence-corrected chi connectivity index (χ1v) is 18.6. The molecule has 348 valence electrons. The molecule has 0 unspecified atom stereocenters. The molecule has 3 aliphatic heterocycles. The van der Waals surface area contributed by atoms with Crippen molar-refractivity contribution in [3.63, 3.8) is 0 Å². The van der Waals surface area contributed by atoms with Gasteiger partial charge in [-0.15, -0.1) is 0 Å². The Morgan fingerprint density at radius 2 is 0.456 bits per heavy atom. The summed E-state index contributed by atoms with van der Waals surface area (Å²) in [4.78, 5) is 12.5. The fourth-order valence-electron chi connectivity index (χ4n) is 7.87. The summed E-state index contributed by atoms with van der Waals surface area (Å²) in [6, 6.07) is 1.28. The number of rotatable bonds is 4. The Morgan fingerprint density at radius 3 is 0.706 bits per heavy atom. The topological polar surface area (TPSA) is 57.4 Å². The number of nitrogens with one attached hydrogen (secondary N) is 2. The van der Waals surface area contributed by atoms with Crippen LogP contribution in [0.3, 0.4) is 0 Å². The molecule has 0 radical (unpaired) electrons. The van der Waals surface area contributed by atoms with Crippen LogP contribution in [0.4, 0.5) is 87.8 Å². The molecule has 4 aromatic carbocycles. The van der Waals surface area contributed by atoms with Gasteiger partial charge in [-0.2, -0.15) is 0 Å². The second-order valence-electron chi connectivity index (χ2n) is 14.6. The third kappa shape index (κ3) is 6.46. The number of hydrogen-bond acceptors (Lipinski definition) is 2. The van der Waals surface area contributed by atoms with Gasteiger partial charge in [0.05, 0.1) is 45.0 Å². The van der Waals surface area contributed by atoms with Crippen LogP contribution in [0.25, 0.3) is 79.8 Å². The highest BCUT2D eigenvalue weighted by Gasteiger charge is 2.36. The van der Waals surface area contributed by atoms with E-state index in [1.54, 1.807) is 0 Å². The van der Waals surface area contributed by atoms with E-state index in [2.05, 4.69) is 19.9 Å². The predicted octanol–water partition coefficient (Wildman–Crippen LogP) is 13.6. The van der Waals surface area contributed by atoms with Gasteiger partial charge in [-0.25, -0.2) is 97.8 Å². The molecule has 8 bridgehead atoms. The third-order valence-electron chi connectivity index (χ3n) is 10.9. The van der Waals surface area contributed by atoms with E-state index in [-0.39, 0.29) is 0 Å². The molecule has 2 N–H and O–H groups in total. The van der Waals surface area contributed by atoms with Crippen molar-refractivity contribution in [2.24, 2.45) is 0 Å². The van der Waals surface area contributed by atoms with E-state index in [9.17, 15) is 52.7 Å². The lowest BCUT2D eigenvalue weighted by molar-refractivity contribution is 0.381. The monoisotopic (exact) mass is 976 g/mol. The maximum Gasteiger partial charge on any atom is 0.200 e. The fraction of sp³-hybridized carbons (Fsp3) is 0.0455. The van der Waals surface area contributed by atoms with Gasteiger partial charge in [0.2, 0.25) is 23.3 Å². The van der Waals surface area contributed by atoms with E-state index in [1.165, 1.54) is 0 Å². The number of aromatic amines is 2. The second kappa shape index (κ2) is 16.0. The summed E-state index contributed by atoms with van der Waals surface area (Å²) in [7, 11) is 0. The summed E-state index contributed by atoms with van der Waals surface area (Å²) >= 11 is 0. The molecule has 0 spiro atoms. The Hall–Kier alpha value is -7.66. The van der Waals surface area contributed by atoms with Crippen LogP contribution in [-0.2, 0) is 12.8 Å². The van der Waals surface area contributed by atoms with E-state index in [0.29, 0.717) is 36.4 Å². The molecule has 4 nitrogen and oxygen atoms in total. The summed E-state index contributed by atoms with van der Waals surface area (Å²) < 4.78 is 303. The second-order valence-corrected chi connectivity index (χ2v) is 14.6. The molecule has 9 rings (SSSR count). The smallest absolute Gasteiger partial charge is 0.200 e. The number of aromatic nitrogens is 4. The lowest BCUT2D eigenvalue weighted by Gasteiger charge is -2.12. The average molecular weight is 977 g/mol. The van der Waals surface area contributed by atoms with Crippen molar-refractivity contribution in [3.05, 3.63) is 163 Å². The lowest BCUT2D eigenvalue weighted by Crippen LogP contribution is -2.07. The molecule has 24 heteroatoms. The van der Waals surface area contributed by atoms with E-state index >= 15 is 35.1 Å². The van der Waals surface area contributed by atoms with Crippen LogP contribution < -0.4 is 0 Å².